The monoisotopic (exact) mass is 109 g/mol. The SMILES string of the molecule is C=CC[CH]CC=CC. The summed E-state index contributed by atoms with van der Waals surface area (Å²) in [6.07, 6.45) is 10.4. The van der Waals surface area contributed by atoms with Crippen LogP contribution in [0, 0.1) is 6.42 Å². The number of allylic oxidation sites excluding steroid dienone is 3. The van der Waals surface area contributed by atoms with Gasteiger partial charge in [-0.25, -0.2) is 0 Å². The van der Waals surface area contributed by atoms with Gasteiger partial charge in [0, 0.05) is 0 Å². The van der Waals surface area contributed by atoms with Crippen molar-refractivity contribution in [1.82, 2.24) is 0 Å². The van der Waals surface area contributed by atoms with Crippen LogP contribution in [0.4, 0.5) is 0 Å². The second kappa shape index (κ2) is 6.48. The average Bonchev–Trinajstić information content (AvgIpc) is 1.81. The summed E-state index contributed by atoms with van der Waals surface area (Å²) in [7, 11) is 0. The van der Waals surface area contributed by atoms with Gasteiger partial charge in [0.05, 0.1) is 0 Å². The summed E-state index contributed by atoms with van der Waals surface area (Å²) in [5.41, 5.74) is 0. The molecule has 0 nitrogen and oxygen atoms in total. The molecule has 1 radical (unpaired) electrons. The predicted molar refractivity (Wildman–Crippen MR) is 38.5 cm³/mol. The molecule has 0 rings (SSSR count). The Bertz CT molecular complexity index is 70.1. The highest BCUT2D eigenvalue weighted by atomic mass is 13.8. The minimum atomic E-state index is 1.02. The standard InChI is InChI=1S/C8H13/c1-3-5-7-8-6-4-2/h3-4,6-7H,1,5,8H2,2H3. The van der Waals surface area contributed by atoms with Crippen LogP contribution in [0.1, 0.15) is 19.8 Å². The van der Waals surface area contributed by atoms with Crippen LogP contribution >= 0.6 is 0 Å². The molecular weight excluding hydrogens is 96.1 g/mol. The molecule has 0 aromatic heterocycles. The second-order valence-electron chi connectivity index (χ2n) is 1.62. The van der Waals surface area contributed by atoms with Crippen molar-refractivity contribution < 1.29 is 0 Å². The normalized spacial score (nSPS) is 10.1. The Morgan fingerprint density at radius 3 is 2.62 bits per heavy atom. The lowest BCUT2D eigenvalue weighted by molar-refractivity contribution is 1.10. The van der Waals surface area contributed by atoms with Crippen molar-refractivity contribution in [1.29, 1.82) is 0 Å². The number of unbranched alkanes of at least 4 members (excludes halogenated alkanes) is 2. The summed E-state index contributed by atoms with van der Waals surface area (Å²) >= 11 is 0. The van der Waals surface area contributed by atoms with Crippen LogP contribution in [0.25, 0.3) is 0 Å². The summed E-state index contributed by atoms with van der Waals surface area (Å²) in [5, 5.41) is 0. The van der Waals surface area contributed by atoms with Crippen molar-refractivity contribution in [3.8, 4) is 0 Å². The summed E-state index contributed by atoms with van der Waals surface area (Å²) in [4.78, 5) is 0. The van der Waals surface area contributed by atoms with Crippen LogP contribution in [0.5, 0.6) is 0 Å². The molecule has 0 amide bonds. The fourth-order valence-corrected chi connectivity index (χ4v) is 0.446. The molecule has 45 valence electrons. The average molecular weight is 109 g/mol. The number of hydrogen-bond acceptors (Lipinski definition) is 0. The van der Waals surface area contributed by atoms with E-state index in [0.29, 0.717) is 0 Å². The summed E-state index contributed by atoms with van der Waals surface area (Å²) < 4.78 is 0. The van der Waals surface area contributed by atoms with Gasteiger partial charge in [0.1, 0.15) is 0 Å². The maximum absolute atomic E-state index is 3.60. The van der Waals surface area contributed by atoms with Crippen molar-refractivity contribution in [3.63, 3.8) is 0 Å². The molecule has 0 N–H and O–H groups in total. The van der Waals surface area contributed by atoms with Gasteiger partial charge in [-0.1, -0.05) is 18.2 Å². The molecule has 0 aliphatic rings. The predicted octanol–water partition coefficient (Wildman–Crippen LogP) is 2.73. The van der Waals surface area contributed by atoms with Crippen molar-refractivity contribution >= 4 is 0 Å². The summed E-state index contributed by atoms with van der Waals surface area (Å²) in [5.74, 6) is 0. The third kappa shape index (κ3) is 5.48. The summed E-state index contributed by atoms with van der Waals surface area (Å²) in [6.45, 7) is 5.63. The largest absolute Gasteiger partial charge is 0.103 e. The maximum Gasteiger partial charge on any atom is -0.0311 e. The lowest BCUT2D eigenvalue weighted by atomic mass is 10.2. The molecule has 0 spiro atoms. The summed E-state index contributed by atoms with van der Waals surface area (Å²) in [6, 6.07) is 0. The van der Waals surface area contributed by atoms with Crippen LogP contribution in [0.15, 0.2) is 24.8 Å². The van der Waals surface area contributed by atoms with Crippen LogP contribution < -0.4 is 0 Å². The van der Waals surface area contributed by atoms with Crippen molar-refractivity contribution in [2.75, 3.05) is 0 Å². The number of hydrogen-bond donors (Lipinski definition) is 0. The first kappa shape index (κ1) is 7.48. The van der Waals surface area contributed by atoms with E-state index in [1.165, 1.54) is 0 Å². The molecule has 0 aliphatic heterocycles. The van der Waals surface area contributed by atoms with Crippen molar-refractivity contribution in [2.24, 2.45) is 0 Å². The van der Waals surface area contributed by atoms with E-state index in [2.05, 4.69) is 25.2 Å². The fourth-order valence-electron chi connectivity index (χ4n) is 0.446. The molecule has 0 bridgehead atoms. The Morgan fingerprint density at radius 2 is 2.12 bits per heavy atom. The third-order valence-corrected chi connectivity index (χ3v) is 0.872. The van der Waals surface area contributed by atoms with E-state index in [-0.39, 0.29) is 0 Å². The Balaban J connectivity index is 2.82. The van der Waals surface area contributed by atoms with E-state index < -0.39 is 0 Å². The van der Waals surface area contributed by atoms with Crippen LogP contribution in [0.2, 0.25) is 0 Å². The Morgan fingerprint density at radius 1 is 1.38 bits per heavy atom. The van der Waals surface area contributed by atoms with Gasteiger partial charge in [0.25, 0.3) is 0 Å². The Hall–Kier alpha value is -0.520. The fraction of sp³-hybridized carbons (Fsp3) is 0.375. The molecular formula is C8H13. The van der Waals surface area contributed by atoms with Crippen molar-refractivity contribution in [2.45, 2.75) is 19.8 Å². The van der Waals surface area contributed by atoms with Gasteiger partial charge in [-0.3, -0.25) is 0 Å². The van der Waals surface area contributed by atoms with E-state index in [0.717, 1.165) is 12.8 Å². The van der Waals surface area contributed by atoms with Gasteiger partial charge < -0.3 is 0 Å². The van der Waals surface area contributed by atoms with E-state index in [1.807, 2.05) is 13.0 Å². The van der Waals surface area contributed by atoms with Gasteiger partial charge >= 0.3 is 0 Å². The molecule has 0 unspecified atom stereocenters. The number of rotatable bonds is 4. The molecule has 8 heavy (non-hydrogen) atoms. The molecule has 0 aliphatic carbocycles. The van der Waals surface area contributed by atoms with Gasteiger partial charge in [-0.2, -0.15) is 0 Å². The lowest BCUT2D eigenvalue weighted by Crippen LogP contribution is -1.67. The first-order valence-corrected chi connectivity index (χ1v) is 2.95. The van der Waals surface area contributed by atoms with Crippen LogP contribution in [-0.2, 0) is 0 Å². The minimum absolute atomic E-state index is 1.02. The molecule has 0 atom stereocenters. The quantitative estimate of drug-likeness (QED) is 0.384. The van der Waals surface area contributed by atoms with Crippen LogP contribution in [-0.4, -0.2) is 0 Å². The van der Waals surface area contributed by atoms with E-state index >= 15 is 0 Å². The zero-order valence-electron chi connectivity index (χ0n) is 5.43. The van der Waals surface area contributed by atoms with Crippen LogP contribution in [0.3, 0.4) is 0 Å². The van der Waals surface area contributed by atoms with E-state index in [1.54, 1.807) is 0 Å². The molecule has 0 aromatic carbocycles. The van der Waals surface area contributed by atoms with Crippen molar-refractivity contribution in [3.05, 3.63) is 31.2 Å². The highest BCUT2D eigenvalue weighted by Crippen LogP contribution is 1.93. The molecule has 0 saturated heterocycles. The lowest BCUT2D eigenvalue weighted by Gasteiger charge is -1.85. The molecule has 0 fully saturated rings. The van der Waals surface area contributed by atoms with Gasteiger partial charge in [0.2, 0.25) is 0 Å². The topological polar surface area (TPSA) is 0 Å². The molecule has 0 saturated carbocycles. The van der Waals surface area contributed by atoms with Gasteiger partial charge in [-0.05, 0) is 26.2 Å². The molecule has 0 aromatic rings. The zero-order chi connectivity index (χ0) is 6.24. The highest BCUT2D eigenvalue weighted by molar-refractivity contribution is 4.87. The third-order valence-electron chi connectivity index (χ3n) is 0.872. The smallest absolute Gasteiger partial charge is 0.0311 e. The minimum Gasteiger partial charge on any atom is -0.103 e. The van der Waals surface area contributed by atoms with Gasteiger partial charge in [0.15, 0.2) is 0 Å². The molecule has 0 heteroatoms. The molecule has 0 heterocycles. The van der Waals surface area contributed by atoms with E-state index in [9.17, 15) is 0 Å². The first-order chi connectivity index (χ1) is 3.91. The van der Waals surface area contributed by atoms with E-state index in [4.69, 9.17) is 0 Å². The second-order valence-corrected chi connectivity index (χ2v) is 1.62. The first-order valence-electron chi connectivity index (χ1n) is 2.95. The zero-order valence-corrected chi connectivity index (χ0v) is 5.43. The van der Waals surface area contributed by atoms with Gasteiger partial charge in [-0.15, -0.1) is 6.58 Å². The Kier molecular flexibility index (Phi) is 6.06. The Labute approximate surface area is 51.9 Å². The maximum atomic E-state index is 3.60. The highest BCUT2D eigenvalue weighted by Gasteiger charge is 1.76.